The summed E-state index contributed by atoms with van der Waals surface area (Å²) >= 11 is 0. The van der Waals surface area contributed by atoms with Crippen LogP contribution in [-0.4, -0.2) is 18.3 Å². The Labute approximate surface area is 90.9 Å². The van der Waals surface area contributed by atoms with Crippen molar-refractivity contribution in [2.75, 3.05) is 7.11 Å². The first-order valence-electron chi connectivity index (χ1n) is 5.61. The van der Waals surface area contributed by atoms with Gasteiger partial charge in [0.15, 0.2) is 0 Å². The van der Waals surface area contributed by atoms with Gasteiger partial charge in [-0.2, -0.15) is 0 Å². The number of ether oxygens (including phenoxy) is 1. The standard InChI is InChI=1S/C13H18O2/c1-15-13-7-5-10(6-8-13)11-3-2-4-12(14)9-11/h5-8,11-12,14H,2-4,9H2,1H3/t11-,12-/m1/s1. The van der Waals surface area contributed by atoms with E-state index in [1.807, 2.05) is 12.1 Å². The first kappa shape index (κ1) is 10.5. The molecule has 1 fully saturated rings. The van der Waals surface area contributed by atoms with Gasteiger partial charge in [0.1, 0.15) is 5.75 Å². The molecule has 1 saturated carbocycles. The molecule has 2 rings (SSSR count). The smallest absolute Gasteiger partial charge is 0.118 e. The van der Waals surface area contributed by atoms with Gasteiger partial charge < -0.3 is 9.84 Å². The number of methoxy groups -OCH3 is 1. The average Bonchev–Trinajstić information content (AvgIpc) is 2.29. The lowest BCUT2D eigenvalue weighted by Crippen LogP contribution is -2.18. The second kappa shape index (κ2) is 4.67. The van der Waals surface area contributed by atoms with E-state index in [1.54, 1.807) is 7.11 Å². The second-order valence-corrected chi connectivity index (χ2v) is 4.29. The minimum atomic E-state index is -0.106. The van der Waals surface area contributed by atoms with Crippen LogP contribution in [0.4, 0.5) is 0 Å². The van der Waals surface area contributed by atoms with E-state index < -0.39 is 0 Å². The van der Waals surface area contributed by atoms with Gasteiger partial charge in [-0.05, 0) is 42.9 Å². The van der Waals surface area contributed by atoms with Gasteiger partial charge in [0.05, 0.1) is 13.2 Å². The van der Waals surface area contributed by atoms with E-state index in [4.69, 9.17) is 4.74 Å². The van der Waals surface area contributed by atoms with Gasteiger partial charge in [0, 0.05) is 0 Å². The van der Waals surface area contributed by atoms with Crippen LogP contribution in [0.5, 0.6) is 5.75 Å². The predicted molar refractivity (Wildman–Crippen MR) is 60.2 cm³/mol. The van der Waals surface area contributed by atoms with Crippen molar-refractivity contribution in [1.82, 2.24) is 0 Å². The van der Waals surface area contributed by atoms with Crippen LogP contribution in [0.25, 0.3) is 0 Å². The zero-order valence-corrected chi connectivity index (χ0v) is 9.15. The fourth-order valence-corrected chi connectivity index (χ4v) is 2.34. The van der Waals surface area contributed by atoms with Crippen LogP contribution in [-0.2, 0) is 0 Å². The molecule has 0 aliphatic heterocycles. The zero-order valence-electron chi connectivity index (χ0n) is 9.15. The van der Waals surface area contributed by atoms with E-state index in [1.165, 1.54) is 12.0 Å². The molecular formula is C13H18O2. The summed E-state index contributed by atoms with van der Waals surface area (Å²) in [5, 5.41) is 9.62. The third kappa shape index (κ3) is 2.51. The lowest BCUT2D eigenvalue weighted by Gasteiger charge is -2.26. The van der Waals surface area contributed by atoms with Crippen molar-refractivity contribution in [1.29, 1.82) is 0 Å². The summed E-state index contributed by atoms with van der Waals surface area (Å²) in [5.74, 6) is 1.43. The van der Waals surface area contributed by atoms with Crippen LogP contribution in [0.3, 0.4) is 0 Å². The third-order valence-corrected chi connectivity index (χ3v) is 3.23. The molecule has 15 heavy (non-hydrogen) atoms. The van der Waals surface area contributed by atoms with Crippen LogP contribution in [0, 0.1) is 0 Å². The van der Waals surface area contributed by atoms with Crippen molar-refractivity contribution >= 4 is 0 Å². The van der Waals surface area contributed by atoms with Crippen LogP contribution in [0.1, 0.15) is 37.2 Å². The van der Waals surface area contributed by atoms with Gasteiger partial charge in [0.25, 0.3) is 0 Å². The first-order valence-corrected chi connectivity index (χ1v) is 5.61. The fourth-order valence-electron chi connectivity index (χ4n) is 2.34. The monoisotopic (exact) mass is 206 g/mol. The molecule has 2 heteroatoms. The molecule has 0 aromatic heterocycles. The first-order chi connectivity index (χ1) is 7.29. The zero-order chi connectivity index (χ0) is 10.7. The largest absolute Gasteiger partial charge is 0.497 e. The van der Waals surface area contributed by atoms with Gasteiger partial charge in [-0.25, -0.2) is 0 Å². The highest BCUT2D eigenvalue weighted by molar-refractivity contribution is 5.29. The number of aliphatic hydroxyl groups excluding tert-OH is 1. The molecule has 0 bridgehead atoms. The molecular weight excluding hydrogens is 188 g/mol. The number of rotatable bonds is 2. The Morgan fingerprint density at radius 2 is 1.93 bits per heavy atom. The van der Waals surface area contributed by atoms with E-state index in [-0.39, 0.29) is 6.10 Å². The number of aliphatic hydroxyl groups is 1. The normalized spacial score (nSPS) is 26.3. The lowest BCUT2D eigenvalue weighted by molar-refractivity contribution is 0.119. The molecule has 0 saturated heterocycles. The molecule has 0 spiro atoms. The summed E-state index contributed by atoms with van der Waals surface area (Å²) in [5.41, 5.74) is 1.33. The quantitative estimate of drug-likeness (QED) is 0.806. The van der Waals surface area contributed by atoms with Crippen LogP contribution in [0.2, 0.25) is 0 Å². The van der Waals surface area contributed by atoms with Crippen molar-refractivity contribution in [2.45, 2.75) is 37.7 Å². The average molecular weight is 206 g/mol. The van der Waals surface area contributed by atoms with Crippen LogP contribution >= 0.6 is 0 Å². The van der Waals surface area contributed by atoms with Crippen LogP contribution in [0.15, 0.2) is 24.3 Å². The maximum absolute atomic E-state index is 9.62. The SMILES string of the molecule is COc1ccc([C@@H]2CCC[C@@H](O)C2)cc1. The van der Waals surface area contributed by atoms with Crippen molar-refractivity contribution < 1.29 is 9.84 Å². The molecule has 1 aliphatic carbocycles. The summed E-state index contributed by atoms with van der Waals surface area (Å²) in [6.07, 6.45) is 4.10. The Kier molecular flexibility index (Phi) is 3.27. The summed E-state index contributed by atoms with van der Waals surface area (Å²) in [7, 11) is 1.68. The topological polar surface area (TPSA) is 29.5 Å². The minimum Gasteiger partial charge on any atom is -0.497 e. The Bertz CT molecular complexity index is 305. The summed E-state index contributed by atoms with van der Waals surface area (Å²) in [6, 6.07) is 8.22. The molecule has 0 heterocycles. The van der Waals surface area contributed by atoms with E-state index in [0.717, 1.165) is 25.0 Å². The molecule has 0 radical (unpaired) electrons. The summed E-state index contributed by atoms with van der Waals surface area (Å²) < 4.78 is 5.13. The van der Waals surface area contributed by atoms with Gasteiger partial charge in [-0.1, -0.05) is 18.6 Å². The van der Waals surface area contributed by atoms with Crippen molar-refractivity contribution in [3.63, 3.8) is 0 Å². The van der Waals surface area contributed by atoms with Crippen LogP contribution < -0.4 is 4.74 Å². The summed E-state index contributed by atoms with van der Waals surface area (Å²) in [6.45, 7) is 0. The molecule has 0 unspecified atom stereocenters. The van der Waals surface area contributed by atoms with Crippen molar-refractivity contribution in [3.05, 3.63) is 29.8 Å². The molecule has 1 aromatic carbocycles. The maximum atomic E-state index is 9.62. The Morgan fingerprint density at radius 3 is 2.53 bits per heavy atom. The molecule has 1 N–H and O–H groups in total. The second-order valence-electron chi connectivity index (χ2n) is 4.29. The molecule has 82 valence electrons. The van der Waals surface area contributed by atoms with Gasteiger partial charge in [0.2, 0.25) is 0 Å². The van der Waals surface area contributed by atoms with E-state index >= 15 is 0 Å². The minimum absolute atomic E-state index is 0.106. The molecule has 1 aliphatic rings. The Hall–Kier alpha value is -1.02. The van der Waals surface area contributed by atoms with E-state index in [0.29, 0.717) is 5.92 Å². The van der Waals surface area contributed by atoms with Crippen molar-refractivity contribution in [2.24, 2.45) is 0 Å². The third-order valence-electron chi connectivity index (χ3n) is 3.23. The number of hydrogen-bond acceptors (Lipinski definition) is 2. The van der Waals surface area contributed by atoms with Crippen molar-refractivity contribution in [3.8, 4) is 5.75 Å². The summed E-state index contributed by atoms with van der Waals surface area (Å²) in [4.78, 5) is 0. The predicted octanol–water partition coefficient (Wildman–Crippen LogP) is 2.71. The molecule has 1 aromatic rings. The Balaban J connectivity index is 2.07. The number of hydrogen-bond donors (Lipinski definition) is 1. The molecule has 2 nitrogen and oxygen atoms in total. The Morgan fingerprint density at radius 1 is 1.20 bits per heavy atom. The molecule has 2 atom stereocenters. The highest BCUT2D eigenvalue weighted by Gasteiger charge is 2.21. The number of benzene rings is 1. The van der Waals surface area contributed by atoms with E-state index in [9.17, 15) is 5.11 Å². The van der Waals surface area contributed by atoms with Gasteiger partial charge in [-0.15, -0.1) is 0 Å². The highest BCUT2D eigenvalue weighted by Crippen LogP contribution is 2.33. The highest BCUT2D eigenvalue weighted by atomic mass is 16.5. The lowest BCUT2D eigenvalue weighted by atomic mass is 9.82. The van der Waals surface area contributed by atoms with Gasteiger partial charge in [-0.3, -0.25) is 0 Å². The fraction of sp³-hybridized carbons (Fsp3) is 0.538. The maximum Gasteiger partial charge on any atom is 0.118 e. The van der Waals surface area contributed by atoms with Gasteiger partial charge >= 0.3 is 0 Å². The van der Waals surface area contributed by atoms with E-state index in [2.05, 4.69) is 12.1 Å². The molecule has 0 amide bonds.